The molecule has 1 aliphatic heterocycles. The molecule has 0 spiro atoms. The summed E-state index contributed by atoms with van der Waals surface area (Å²) >= 11 is 0. The van der Waals surface area contributed by atoms with E-state index >= 15 is 0 Å². The molecule has 2 heterocycles. The summed E-state index contributed by atoms with van der Waals surface area (Å²) in [6, 6.07) is 15.0. The van der Waals surface area contributed by atoms with Crippen LogP contribution in [0.4, 0.5) is 23.5 Å². The van der Waals surface area contributed by atoms with Gasteiger partial charge in [0, 0.05) is 18.3 Å². The van der Waals surface area contributed by atoms with E-state index in [4.69, 9.17) is 10.7 Å². The molecule has 1 saturated carbocycles. The van der Waals surface area contributed by atoms with Crippen molar-refractivity contribution in [2.24, 2.45) is 5.92 Å². The summed E-state index contributed by atoms with van der Waals surface area (Å²) < 4.78 is 0. The molecule has 2 aromatic carbocycles. The average molecular weight is 404 g/mol. The quantitative estimate of drug-likeness (QED) is 0.650. The van der Waals surface area contributed by atoms with Crippen molar-refractivity contribution in [2.45, 2.75) is 31.7 Å². The minimum atomic E-state index is 0.261. The van der Waals surface area contributed by atoms with Crippen LogP contribution in [0, 0.1) is 5.92 Å². The van der Waals surface area contributed by atoms with Gasteiger partial charge in [-0.3, -0.25) is 0 Å². The normalized spacial score (nSPS) is 17.9. The molecule has 0 amide bonds. The summed E-state index contributed by atoms with van der Waals surface area (Å²) in [5.41, 5.74) is 7.05. The van der Waals surface area contributed by atoms with E-state index in [0.717, 1.165) is 44.1 Å². The number of nitrogens with two attached hydrogens (primary N) is 1. The van der Waals surface area contributed by atoms with Crippen LogP contribution in [-0.4, -0.2) is 52.6 Å². The van der Waals surface area contributed by atoms with E-state index in [-0.39, 0.29) is 5.95 Å². The third-order valence-electron chi connectivity index (χ3n) is 6.18. The minimum Gasteiger partial charge on any atom is -0.368 e. The van der Waals surface area contributed by atoms with Crippen molar-refractivity contribution >= 4 is 34.3 Å². The number of hydrogen-bond donors (Lipinski definition) is 2. The van der Waals surface area contributed by atoms with Crippen LogP contribution in [0.1, 0.15) is 25.7 Å². The lowest BCUT2D eigenvalue weighted by atomic mass is 10.0. The molecule has 0 radical (unpaired) electrons. The van der Waals surface area contributed by atoms with Crippen LogP contribution >= 0.6 is 0 Å². The number of nitrogens with one attached hydrogen (secondary N) is 1. The molecule has 0 unspecified atom stereocenters. The van der Waals surface area contributed by atoms with E-state index in [2.05, 4.69) is 56.4 Å². The van der Waals surface area contributed by atoms with E-state index in [0.29, 0.717) is 17.9 Å². The number of aromatic nitrogens is 3. The first-order valence-electron chi connectivity index (χ1n) is 10.9. The van der Waals surface area contributed by atoms with Gasteiger partial charge in [0.15, 0.2) is 0 Å². The predicted octanol–water partition coefficient (Wildman–Crippen LogP) is 3.66. The maximum atomic E-state index is 6.10. The van der Waals surface area contributed by atoms with Crippen LogP contribution in [0.15, 0.2) is 42.5 Å². The molecule has 3 aromatic rings. The molecule has 2 aliphatic rings. The van der Waals surface area contributed by atoms with E-state index in [1.807, 2.05) is 18.2 Å². The fraction of sp³-hybridized carbons (Fsp3) is 0.435. The zero-order chi connectivity index (χ0) is 20.5. The van der Waals surface area contributed by atoms with Crippen LogP contribution < -0.4 is 16.0 Å². The first-order valence-corrected chi connectivity index (χ1v) is 10.9. The SMILES string of the molecule is CN1CCC(N(CC2CC2)c2nc(N)nc(Nc3ccc4ccccc4c3)n2)CC1. The van der Waals surface area contributed by atoms with Crippen LogP contribution in [-0.2, 0) is 0 Å². The molecule has 7 nitrogen and oxygen atoms in total. The number of anilines is 4. The molecule has 2 fully saturated rings. The number of rotatable bonds is 6. The van der Waals surface area contributed by atoms with Crippen LogP contribution in [0.3, 0.4) is 0 Å². The Hall–Kier alpha value is -2.93. The number of fused-ring (bicyclic) bond motifs is 1. The lowest BCUT2D eigenvalue weighted by Gasteiger charge is -2.37. The average Bonchev–Trinajstić information content (AvgIpc) is 3.57. The zero-order valence-corrected chi connectivity index (χ0v) is 17.5. The van der Waals surface area contributed by atoms with Gasteiger partial charge in [-0.05, 0) is 74.6 Å². The molecule has 3 N–H and O–H groups in total. The molecular weight excluding hydrogens is 374 g/mol. The van der Waals surface area contributed by atoms with Gasteiger partial charge in [-0.15, -0.1) is 0 Å². The van der Waals surface area contributed by atoms with Gasteiger partial charge in [-0.1, -0.05) is 30.3 Å². The standard InChI is InChI=1S/C23H29N7/c1-29-12-10-20(11-13-29)30(15-16-6-7-16)23-27-21(24)26-22(28-23)25-19-9-8-17-4-2-3-5-18(17)14-19/h2-5,8-9,14,16,20H,6-7,10-13,15H2,1H3,(H3,24,25,26,27,28). The molecule has 30 heavy (non-hydrogen) atoms. The highest BCUT2D eigenvalue weighted by Gasteiger charge is 2.31. The number of benzene rings is 2. The van der Waals surface area contributed by atoms with Gasteiger partial charge in [0.2, 0.25) is 17.8 Å². The highest BCUT2D eigenvalue weighted by molar-refractivity contribution is 5.86. The maximum absolute atomic E-state index is 6.10. The molecular formula is C23H29N7. The Morgan fingerprint density at radius 1 is 1.00 bits per heavy atom. The van der Waals surface area contributed by atoms with E-state index in [1.165, 1.54) is 23.6 Å². The van der Waals surface area contributed by atoms with Crippen molar-refractivity contribution in [2.75, 3.05) is 42.6 Å². The number of hydrogen-bond acceptors (Lipinski definition) is 7. The summed E-state index contributed by atoms with van der Waals surface area (Å²) in [6.07, 6.45) is 4.85. The lowest BCUT2D eigenvalue weighted by molar-refractivity contribution is 0.248. The number of piperidine rings is 1. The fourth-order valence-electron chi connectivity index (χ4n) is 4.24. The Kier molecular flexibility index (Phi) is 5.12. The molecule has 1 saturated heterocycles. The molecule has 1 aliphatic carbocycles. The summed E-state index contributed by atoms with van der Waals surface area (Å²) in [7, 11) is 2.19. The summed E-state index contributed by atoms with van der Waals surface area (Å²) in [5, 5.41) is 5.71. The molecule has 7 heteroatoms. The van der Waals surface area contributed by atoms with Gasteiger partial charge in [0.1, 0.15) is 0 Å². The Morgan fingerprint density at radius 3 is 2.53 bits per heavy atom. The zero-order valence-electron chi connectivity index (χ0n) is 17.5. The third-order valence-corrected chi connectivity index (χ3v) is 6.18. The fourth-order valence-corrected chi connectivity index (χ4v) is 4.24. The maximum Gasteiger partial charge on any atom is 0.233 e. The van der Waals surface area contributed by atoms with Crippen LogP contribution in [0.5, 0.6) is 0 Å². The number of nitrogens with zero attached hydrogens (tertiary/aromatic N) is 5. The number of likely N-dealkylation sites (tertiary alicyclic amines) is 1. The Bertz CT molecular complexity index is 1020. The Balaban J connectivity index is 1.41. The summed E-state index contributed by atoms with van der Waals surface area (Å²) in [4.78, 5) is 18.4. The van der Waals surface area contributed by atoms with Gasteiger partial charge in [0.05, 0.1) is 0 Å². The van der Waals surface area contributed by atoms with Crippen LogP contribution in [0.2, 0.25) is 0 Å². The van der Waals surface area contributed by atoms with Crippen molar-refractivity contribution in [1.82, 2.24) is 19.9 Å². The van der Waals surface area contributed by atoms with Gasteiger partial charge in [-0.25, -0.2) is 0 Å². The Morgan fingerprint density at radius 2 is 1.77 bits per heavy atom. The van der Waals surface area contributed by atoms with Crippen molar-refractivity contribution in [3.05, 3.63) is 42.5 Å². The van der Waals surface area contributed by atoms with Gasteiger partial charge >= 0.3 is 0 Å². The third kappa shape index (κ3) is 4.31. The van der Waals surface area contributed by atoms with Crippen LogP contribution in [0.25, 0.3) is 10.8 Å². The van der Waals surface area contributed by atoms with Crippen molar-refractivity contribution in [1.29, 1.82) is 0 Å². The molecule has 0 bridgehead atoms. The van der Waals surface area contributed by atoms with Gasteiger partial charge in [-0.2, -0.15) is 15.0 Å². The largest absolute Gasteiger partial charge is 0.368 e. The summed E-state index contributed by atoms with van der Waals surface area (Å²) in [6.45, 7) is 3.22. The van der Waals surface area contributed by atoms with Crippen molar-refractivity contribution in [3.8, 4) is 0 Å². The highest BCUT2D eigenvalue weighted by Crippen LogP contribution is 2.33. The number of nitrogen functional groups attached to an aromatic ring is 1. The predicted molar refractivity (Wildman–Crippen MR) is 122 cm³/mol. The second-order valence-electron chi connectivity index (χ2n) is 8.63. The molecule has 1 aromatic heterocycles. The topological polar surface area (TPSA) is 83.2 Å². The van der Waals surface area contributed by atoms with Gasteiger partial charge < -0.3 is 20.9 Å². The minimum absolute atomic E-state index is 0.261. The molecule has 0 atom stereocenters. The lowest BCUT2D eigenvalue weighted by Crippen LogP contribution is -2.45. The second kappa shape index (κ2) is 8.07. The van der Waals surface area contributed by atoms with E-state index in [1.54, 1.807) is 0 Å². The molecule has 5 rings (SSSR count). The van der Waals surface area contributed by atoms with E-state index in [9.17, 15) is 0 Å². The molecule has 156 valence electrons. The monoisotopic (exact) mass is 403 g/mol. The summed E-state index contributed by atoms with van der Waals surface area (Å²) in [5.74, 6) is 2.21. The second-order valence-corrected chi connectivity index (χ2v) is 8.63. The first-order chi connectivity index (χ1) is 14.6. The van der Waals surface area contributed by atoms with Gasteiger partial charge in [0.25, 0.3) is 0 Å². The van der Waals surface area contributed by atoms with Crippen molar-refractivity contribution < 1.29 is 0 Å². The highest BCUT2D eigenvalue weighted by atomic mass is 15.3. The first kappa shape index (κ1) is 19.1. The Labute approximate surface area is 177 Å². The van der Waals surface area contributed by atoms with Crippen molar-refractivity contribution in [3.63, 3.8) is 0 Å². The van der Waals surface area contributed by atoms with E-state index < -0.39 is 0 Å². The smallest absolute Gasteiger partial charge is 0.233 e.